The highest BCUT2D eigenvalue weighted by Crippen LogP contribution is 2.22. The Morgan fingerprint density at radius 2 is 2.16 bits per heavy atom. The zero-order valence-corrected chi connectivity index (χ0v) is 12.0. The quantitative estimate of drug-likeness (QED) is 0.822. The van der Waals surface area contributed by atoms with Gasteiger partial charge in [0.1, 0.15) is 28.9 Å². The Kier molecular flexibility index (Phi) is 4.31. The van der Waals surface area contributed by atoms with Crippen LogP contribution in [0.5, 0.6) is 0 Å². The first-order valence-corrected chi connectivity index (χ1v) is 6.58. The summed E-state index contributed by atoms with van der Waals surface area (Å²) in [6.07, 6.45) is 2.25. The van der Waals surface area contributed by atoms with Crippen molar-refractivity contribution in [3.05, 3.63) is 28.7 Å². The molecule has 19 heavy (non-hydrogen) atoms. The summed E-state index contributed by atoms with van der Waals surface area (Å²) < 4.78 is 0. The summed E-state index contributed by atoms with van der Waals surface area (Å²) in [7, 11) is 0. The van der Waals surface area contributed by atoms with E-state index in [1.165, 1.54) is 6.33 Å². The number of hydrogen-bond acceptors (Lipinski definition) is 5. The Morgan fingerprint density at radius 1 is 1.37 bits per heavy atom. The van der Waals surface area contributed by atoms with Crippen LogP contribution in [0.25, 0.3) is 0 Å². The van der Waals surface area contributed by atoms with Gasteiger partial charge in [-0.1, -0.05) is 25.4 Å². The molecule has 2 rings (SSSR count). The minimum absolute atomic E-state index is 0.243. The van der Waals surface area contributed by atoms with Crippen molar-refractivity contribution in [3.63, 3.8) is 0 Å². The molecule has 0 saturated heterocycles. The predicted molar refractivity (Wildman–Crippen MR) is 74.4 cm³/mol. The van der Waals surface area contributed by atoms with Gasteiger partial charge >= 0.3 is 0 Å². The van der Waals surface area contributed by atoms with Crippen LogP contribution in [0.3, 0.4) is 0 Å². The van der Waals surface area contributed by atoms with E-state index in [1.54, 1.807) is 0 Å². The fourth-order valence-electron chi connectivity index (χ4n) is 1.59. The van der Waals surface area contributed by atoms with Crippen LogP contribution in [0, 0.1) is 6.92 Å². The molecule has 0 radical (unpaired) electrons. The second kappa shape index (κ2) is 5.97. The van der Waals surface area contributed by atoms with E-state index >= 15 is 0 Å². The molecule has 0 amide bonds. The molecule has 0 bridgehead atoms. The van der Waals surface area contributed by atoms with Crippen LogP contribution >= 0.6 is 11.6 Å². The molecule has 7 heteroatoms. The third-order valence-electron chi connectivity index (χ3n) is 2.74. The summed E-state index contributed by atoms with van der Waals surface area (Å²) in [6, 6.07) is 0. The van der Waals surface area contributed by atoms with Crippen molar-refractivity contribution in [2.24, 2.45) is 0 Å². The number of nitrogens with one attached hydrogen (secondary N) is 2. The first kappa shape index (κ1) is 13.7. The van der Waals surface area contributed by atoms with Crippen molar-refractivity contribution in [1.82, 2.24) is 25.1 Å². The summed E-state index contributed by atoms with van der Waals surface area (Å²) in [5.74, 6) is 2.61. The SMILES string of the molecule is Cc1c(Cl)nc(C(C)C)nc1NCCc1ncn[nH]1. The van der Waals surface area contributed by atoms with Crippen molar-refractivity contribution in [1.29, 1.82) is 0 Å². The van der Waals surface area contributed by atoms with Gasteiger partial charge in [-0.05, 0) is 6.92 Å². The number of halogens is 1. The van der Waals surface area contributed by atoms with Gasteiger partial charge in [-0.3, -0.25) is 5.10 Å². The highest BCUT2D eigenvalue weighted by atomic mass is 35.5. The first-order chi connectivity index (χ1) is 9.08. The third kappa shape index (κ3) is 3.41. The molecule has 2 N–H and O–H groups in total. The Balaban J connectivity index is 2.06. The Bertz CT molecular complexity index is 537. The molecule has 0 aliphatic rings. The molecular weight excluding hydrogens is 264 g/mol. The van der Waals surface area contributed by atoms with Crippen molar-refractivity contribution >= 4 is 17.4 Å². The summed E-state index contributed by atoms with van der Waals surface area (Å²) in [5.41, 5.74) is 0.864. The Morgan fingerprint density at radius 3 is 2.79 bits per heavy atom. The van der Waals surface area contributed by atoms with E-state index in [1.807, 2.05) is 20.8 Å². The van der Waals surface area contributed by atoms with Crippen molar-refractivity contribution < 1.29 is 0 Å². The van der Waals surface area contributed by atoms with Gasteiger partial charge in [-0.2, -0.15) is 5.10 Å². The molecule has 0 aromatic carbocycles. The summed E-state index contributed by atoms with van der Waals surface area (Å²) >= 11 is 6.12. The van der Waals surface area contributed by atoms with Crippen LogP contribution in [0.15, 0.2) is 6.33 Å². The van der Waals surface area contributed by atoms with Gasteiger partial charge in [-0.25, -0.2) is 15.0 Å². The van der Waals surface area contributed by atoms with E-state index in [2.05, 4.69) is 30.5 Å². The summed E-state index contributed by atoms with van der Waals surface area (Å²) in [6.45, 7) is 6.70. The van der Waals surface area contributed by atoms with Crippen LogP contribution < -0.4 is 5.32 Å². The lowest BCUT2D eigenvalue weighted by Crippen LogP contribution is -2.11. The molecule has 0 spiro atoms. The molecule has 6 nitrogen and oxygen atoms in total. The lowest BCUT2D eigenvalue weighted by Gasteiger charge is -2.12. The van der Waals surface area contributed by atoms with Crippen molar-refractivity contribution in [2.45, 2.75) is 33.1 Å². The molecule has 102 valence electrons. The number of nitrogens with zero attached hydrogens (tertiary/aromatic N) is 4. The number of rotatable bonds is 5. The second-order valence-electron chi connectivity index (χ2n) is 4.61. The number of H-pyrrole nitrogens is 1. The van der Waals surface area contributed by atoms with E-state index in [4.69, 9.17) is 11.6 Å². The number of aromatic nitrogens is 5. The lowest BCUT2D eigenvalue weighted by molar-refractivity contribution is 0.770. The van der Waals surface area contributed by atoms with Gasteiger partial charge in [0.25, 0.3) is 0 Å². The van der Waals surface area contributed by atoms with E-state index in [9.17, 15) is 0 Å². The molecule has 2 aromatic rings. The molecule has 2 heterocycles. The highest BCUT2D eigenvalue weighted by molar-refractivity contribution is 6.30. The molecule has 0 aliphatic heterocycles. The zero-order chi connectivity index (χ0) is 13.8. The van der Waals surface area contributed by atoms with Gasteiger partial charge in [0.15, 0.2) is 0 Å². The Labute approximate surface area is 117 Å². The average molecular weight is 281 g/mol. The van der Waals surface area contributed by atoms with Gasteiger partial charge in [-0.15, -0.1) is 0 Å². The standard InChI is InChI=1S/C12H17ClN6/c1-7(2)11-17-10(13)8(3)12(18-11)14-5-4-9-15-6-16-19-9/h6-7H,4-5H2,1-3H3,(H,14,17,18)(H,15,16,19). The molecular formula is C12H17ClN6. The largest absolute Gasteiger partial charge is 0.369 e. The normalized spacial score (nSPS) is 11.0. The fraction of sp³-hybridized carbons (Fsp3) is 0.500. The lowest BCUT2D eigenvalue weighted by atomic mass is 10.2. The first-order valence-electron chi connectivity index (χ1n) is 6.20. The van der Waals surface area contributed by atoms with Crippen LogP contribution in [0.2, 0.25) is 5.15 Å². The zero-order valence-electron chi connectivity index (χ0n) is 11.2. The van der Waals surface area contributed by atoms with E-state index in [0.29, 0.717) is 11.7 Å². The molecule has 0 fully saturated rings. The fourth-order valence-corrected chi connectivity index (χ4v) is 1.76. The summed E-state index contributed by atoms with van der Waals surface area (Å²) in [5, 5.41) is 10.4. The molecule has 0 saturated carbocycles. The maximum atomic E-state index is 6.12. The van der Waals surface area contributed by atoms with Crippen molar-refractivity contribution in [2.75, 3.05) is 11.9 Å². The molecule has 0 unspecified atom stereocenters. The maximum Gasteiger partial charge on any atom is 0.137 e. The van der Waals surface area contributed by atoms with Gasteiger partial charge in [0.05, 0.1) is 0 Å². The van der Waals surface area contributed by atoms with Crippen molar-refractivity contribution in [3.8, 4) is 0 Å². The predicted octanol–water partition coefficient (Wildman–Crippen LogP) is 2.33. The van der Waals surface area contributed by atoms with Gasteiger partial charge in [0.2, 0.25) is 0 Å². The van der Waals surface area contributed by atoms with Crippen LogP contribution in [-0.2, 0) is 6.42 Å². The van der Waals surface area contributed by atoms with Gasteiger partial charge < -0.3 is 5.32 Å². The smallest absolute Gasteiger partial charge is 0.137 e. The molecule has 2 aromatic heterocycles. The van der Waals surface area contributed by atoms with E-state index in [-0.39, 0.29) is 5.92 Å². The average Bonchev–Trinajstić information content (AvgIpc) is 2.87. The monoisotopic (exact) mass is 280 g/mol. The maximum absolute atomic E-state index is 6.12. The molecule has 0 aliphatic carbocycles. The van der Waals surface area contributed by atoms with Crippen LogP contribution in [0.1, 0.15) is 37.0 Å². The number of aromatic amines is 1. The Hall–Kier alpha value is -1.69. The summed E-state index contributed by atoms with van der Waals surface area (Å²) in [4.78, 5) is 12.8. The minimum atomic E-state index is 0.243. The van der Waals surface area contributed by atoms with E-state index in [0.717, 1.165) is 29.5 Å². The van der Waals surface area contributed by atoms with E-state index < -0.39 is 0 Å². The number of hydrogen-bond donors (Lipinski definition) is 2. The number of anilines is 1. The third-order valence-corrected chi connectivity index (χ3v) is 3.11. The molecule has 0 atom stereocenters. The second-order valence-corrected chi connectivity index (χ2v) is 4.97. The highest BCUT2D eigenvalue weighted by Gasteiger charge is 2.11. The van der Waals surface area contributed by atoms with Crippen LogP contribution in [-0.4, -0.2) is 31.7 Å². The van der Waals surface area contributed by atoms with Gasteiger partial charge in [0, 0.05) is 24.4 Å². The topological polar surface area (TPSA) is 79.4 Å². The minimum Gasteiger partial charge on any atom is -0.369 e. The van der Waals surface area contributed by atoms with Crippen LogP contribution in [0.4, 0.5) is 5.82 Å².